The maximum atomic E-state index is 12.0. The van der Waals surface area contributed by atoms with Gasteiger partial charge < -0.3 is 15.7 Å². The van der Waals surface area contributed by atoms with Crippen LogP contribution in [0, 0.1) is 5.92 Å². The molecule has 20 heavy (non-hydrogen) atoms. The smallest absolute Gasteiger partial charge is 0.305 e. The van der Waals surface area contributed by atoms with E-state index in [0.717, 1.165) is 0 Å². The van der Waals surface area contributed by atoms with Gasteiger partial charge in [0.05, 0.1) is 12.0 Å². The number of nitrogens with one attached hydrogen (secondary N) is 2. The largest absolute Gasteiger partial charge is 0.481 e. The molecule has 0 fully saturated rings. The first-order chi connectivity index (χ1) is 9.42. The van der Waals surface area contributed by atoms with Gasteiger partial charge >= 0.3 is 5.97 Å². The standard InChI is InChI=1S/C13H20N4O3/c1-8(2)4-10(5-11(18)19)17-12(20)9-6-15-13(14-3)16-7-9/h6-8,10H,4-5H2,1-3H3,(H,17,20)(H,18,19)(H,14,15,16). The van der Waals surface area contributed by atoms with Crippen LogP contribution in [0.25, 0.3) is 0 Å². The Kier molecular flexibility index (Phi) is 5.89. The van der Waals surface area contributed by atoms with E-state index in [0.29, 0.717) is 23.9 Å². The second-order valence-corrected chi connectivity index (χ2v) is 4.94. The van der Waals surface area contributed by atoms with Crippen molar-refractivity contribution in [2.45, 2.75) is 32.7 Å². The minimum absolute atomic E-state index is 0.0978. The van der Waals surface area contributed by atoms with Crippen LogP contribution in [0.3, 0.4) is 0 Å². The molecular formula is C13H20N4O3. The Morgan fingerprint density at radius 2 is 1.90 bits per heavy atom. The van der Waals surface area contributed by atoms with E-state index in [4.69, 9.17) is 5.11 Å². The van der Waals surface area contributed by atoms with Gasteiger partial charge in [0.1, 0.15) is 0 Å². The zero-order valence-electron chi connectivity index (χ0n) is 11.9. The van der Waals surface area contributed by atoms with E-state index in [-0.39, 0.29) is 12.3 Å². The third kappa shape index (κ3) is 5.21. The fraction of sp³-hybridized carbons (Fsp3) is 0.538. The number of hydrogen-bond acceptors (Lipinski definition) is 5. The van der Waals surface area contributed by atoms with Crippen LogP contribution in [0.5, 0.6) is 0 Å². The predicted octanol–water partition coefficient (Wildman–Crippen LogP) is 1.14. The topological polar surface area (TPSA) is 104 Å². The maximum Gasteiger partial charge on any atom is 0.305 e. The quantitative estimate of drug-likeness (QED) is 0.692. The zero-order chi connectivity index (χ0) is 15.1. The van der Waals surface area contributed by atoms with Crippen molar-refractivity contribution in [1.82, 2.24) is 15.3 Å². The van der Waals surface area contributed by atoms with E-state index < -0.39 is 12.0 Å². The molecule has 7 nitrogen and oxygen atoms in total. The second kappa shape index (κ2) is 7.42. The minimum atomic E-state index is -0.933. The Balaban J connectivity index is 2.70. The Bertz CT molecular complexity index is 459. The van der Waals surface area contributed by atoms with Gasteiger partial charge in [0.15, 0.2) is 0 Å². The van der Waals surface area contributed by atoms with Crippen molar-refractivity contribution in [2.75, 3.05) is 12.4 Å². The first kappa shape index (κ1) is 15.9. The molecule has 1 aromatic rings. The number of rotatable bonds is 7. The van der Waals surface area contributed by atoms with Gasteiger partial charge in [-0.1, -0.05) is 13.8 Å². The second-order valence-electron chi connectivity index (χ2n) is 4.94. The van der Waals surface area contributed by atoms with E-state index in [2.05, 4.69) is 20.6 Å². The van der Waals surface area contributed by atoms with Crippen LogP contribution < -0.4 is 10.6 Å². The number of carboxylic acid groups (broad SMARTS) is 1. The third-order valence-electron chi connectivity index (χ3n) is 2.65. The van der Waals surface area contributed by atoms with E-state index in [1.807, 2.05) is 13.8 Å². The fourth-order valence-corrected chi connectivity index (χ4v) is 1.82. The number of carboxylic acids is 1. The van der Waals surface area contributed by atoms with Gasteiger partial charge in [-0.25, -0.2) is 9.97 Å². The Morgan fingerprint density at radius 1 is 1.30 bits per heavy atom. The lowest BCUT2D eigenvalue weighted by Crippen LogP contribution is -2.37. The molecule has 0 spiro atoms. The summed E-state index contributed by atoms with van der Waals surface area (Å²) in [6, 6.07) is -0.399. The van der Waals surface area contributed by atoms with Crippen LogP contribution in [0.4, 0.5) is 5.95 Å². The van der Waals surface area contributed by atoms with Crippen LogP contribution in [0.1, 0.15) is 37.0 Å². The molecule has 1 aromatic heterocycles. The number of anilines is 1. The van der Waals surface area contributed by atoms with Crippen molar-refractivity contribution in [3.8, 4) is 0 Å². The number of nitrogens with zero attached hydrogens (tertiary/aromatic N) is 2. The van der Waals surface area contributed by atoms with Crippen LogP contribution in [-0.2, 0) is 4.79 Å². The fourth-order valence-electron chi connectivity index (χ4n) is 1.82. The van der Waals surface area contributed by atoms with Crippen LogP contribution in [-0.4, -0.2) is 40.0 Å². The van der Waals surface area contributed by atoms with Gasteiger partial charge in [0.2, 0.25) is 5.95 Å². The highest BCUT2D eigenvalue weighted by molar-refractivity contribution is 5.94. The lowest BCUT2D eigenvalue weighted by Gasteiger charge is -2.18. The van der Waals surface area contributed by atoms with Crippen molar-refractivity contribution >= 4 is 17.8 Å². The van der Waals surface area contributed by atoms with Crippen molar-refractivity contribution in [1.29, 1.82) is 0 Å². The Morgan fingerprint density at radius 3 is 2.35 bits per heavy atom. The van der Waals surface area contributed by atoms with Crippen molar-refractivity contribution < 1.29 is 14.7 Å². The molecule has 7 heteroatoms. The lowest BCUT2D eigenvalue weighted by molar-refractivity contribution is -0.137. The maximum absolute atomic E-state index is 12.0. The summed E-state index contributed by atoms with van der Waals surface area (Å²) in [6.45, 7) is 3.96. The zero-order valence-corrected chi connectivity index (χ0v) is 11.9. The number of carbonyl (C=O) groups excluding carboxylic acids is 1. The van der Waals surface area contributed by atoms with Crippen molar-refractivity contribution in [3.63, 3.8) is 0 Å². The molecule has 0 saturated heterocycles. The molecule has 1 rings (SSSR count). The van der Waals surface area contributed by atoms with E-state index in [9.17, 15) is 9.59 Å². The average molecular weight is 280 g/mol. The summed E-state index contributed by atoms with van der Waals surface area (Å²) >= 11 is 0. The Labute approximate surface area is 117 Å². The molecule has 1 atom stereocenters. The average Bonchev–Trinajstić information content (AvgIpc) is 2.37. The monoisotopic (exact) mass is 280 g/mol. The molecule has 0 aromatic carbocycles. The number of amides is 1. The molecule has 0 aliphatic heterocycles. The number of aromatic nitrogens is 2. The van der Waals surface area contributed by atoms with Gasteiger partial charge in [0.25, 0.3) is 5.91 Å². The van der Waals surface area contributed by atoms with E-state index >= 15 is 0 Å². The van der Waals surface area contributed by atoms with Crippen LogP contribution >= 0.6 is 0 Å². The first-order valence-corrected chi connectivity index (χ1v) is 6.44. The number of carbonyl (C=O) groups is 2. The van der Waals surface area contributed by atoms with Gasteiger partial charge in [-0.15, -0.1) is 0 Å². The highest BCUT2D eigenvalue weighted by Crippen LogP contribution is 2.09. The summed E-state index contributed by atoms with van der Waals surface area (Å²) in [6.07, 6.45) is 3.32. The first-order valence-electron chi connectivity index (χ1n) is 6.44. The van der Waals surface area contributed by atoms with E-state index in [1.165, 1.54) is 12.4 Å². The Hall–Kier alpha value is -2.18. The summed E-state index contributed by atoms with van der Waals surface area (Å²) in [5.74, 6) is -0.578. The van der Waals surface area contributed by atoms with Crippen LogP contribution in [0.2, 0.25) is 0 Å². The van der Waals surface area contributed by atoms with Gasteiger partial charge in [-0.05, 0) is 12.3 Å². The highest BCUT2D eigenvalue weighted by Gasteiger charge is 2.18. The summed E-state index contributed by atoms with van der Waals surface area (Å²) in [5, 5.41) is 14.3. The molecule has 0 saturated carbocycles. The van der Waals surface area contributed by atoms with Crippen LogP contribution in [0.15, 0.2) is 12.4 Å². The highest BCUT2D eigenvalue weighted by atomic mass is 16.4. The molecule has 0 radical (unpaired) electrons. The van der Waals surface area contributed by atoms with Crippen molar-refractivity contribution in [2.24, 2.45) is 5.92 Å². The molecule has 0 aliphatic rings. The number of aliphatic carboxylic acids is 1. The lowest BCUT2D eigenvalue weighted by atomic mass is 10.0. The third-order valence-corrected chi connectivity index (χ3v) is 2.65. The molecule has 0 aliphatic carbocycles. The van der Waals surface area contributed by atoms with E-state index in [1.54, 1.807) is 7.05 Å². The molecule has 110 valence electrons. The summed E-state index contributed by atoms with van der Waals surface area (Å²) < 4.78 is 0. The SMILES string of the molecule is CNc1ncc(C(=O)NC(CC(=O)O)CC(C)C)cn1. The van der Waals surface area contributed by atoms with Gasteiger partial charge in [-0.3, -0.25) is 9.59 Å². The normalized spacial score (nSPS) is 12.0. The molecule has 0 bridgehead atoms. The molecule has 1 amide bonds. The number of hydrogen-bond donors (Lipinski definition) is 3. The summed E-state index contributed by atoms with van der Waals surface area (Å²) in [7, 11) is 1.68. The summed E-state index contributed by atoms with van der Waals surface area (Å²) in [4.78, 5) is 30.7. The minimum Gasteiger partial charge on any atom is -0.481 e. The van der Waals surface area contributed by atoms with Gasteiger partial charge in [-0.2, -0.15) is 0 Å². The van der Waals surface area contributed by atoms with Gasteiger partial charge in [0, 0.05) is 25.5 Å². The molecule has 3 N–H and O–H groups in total. The molecular weight excluding hydrogens is 260 g/mol. The molecule has 1 heterocycles. The van der Waals surface area contributed by atoms with Crippen molar-refractivity contribution in [3.05, 3.63) is 18.0 Å². The summed E-state index contributed by atoms with van der Waals surface area (Å²) in [5.41, 5.74) is 0.308. The predicted molar refractivity (Wildman–Crippen MR) is 74.5 cm³/mol. The molecule has 1 unspecified atom stereocenters.